The standard InChI is InChI=1S/C30H55NO2/c1-25-15-9-11-17-26(18-12-10-16-25)30(32)31-27-19-13-23-29(24-14-20-27)33-28-21-7-5-3-2-4-6-8-22-28/h25-29H,2-24H2,1H3,(H,31,32). The smallest absolute Gasteiger partial charge is 0.223 e. The summed E-state index contributed by atoms with van der Waals surface area (Å²) in [6.45, 7) is 2.40. The number of carbonyl (C=O) groups is 1. The van der Waals surface area contributed by atoms with Crippen molar-refractivity contribution in [3.63, 3.8) is 0 Å². The molecule has 1 amide bonds. The molecular formula is C30H55NO2. The van der Waals surface area contributed by atoms with E-state index in [0.717, 1.165) is 31.6 Å². The number of nitrogens with one attached hydrogen (secondary N) is 1. The minimum atomic E-state index is 0.257. The Hall–Kier alpha value is -0.570. The molecule has 3 fully saturated rings. The molecule has 0 aromatic carbocycles. The number of ether oxygens (including phenoxy) is 1. The predicted octanol–water partition coefficient (Wildman–Crippen LogP) is 8.49. The van der Waals surface area contributed by atoms with Gasteiger partial charge in [-0.05, 0) is 70.1 Å². The second-order valence-corrected chi connectivity index (χ2v) is 11.9. The Morgan fingerprint density at radius 3 is 1.52 bits per heavy atom. The summed E-state index contributed by atoms with van der Waals surface area (Å²) in [5.41, 5.74) is 0. The first kappa shape index (κ1) is 27.0. The van der Waals surface area contributed by atoms with Gasteiger partial charge in [0.1, 0.15) is 0 Å². The van der Waals surface area contributed by atoms with Gasteiger partial charge in [0.15, 0.2) is 0 Å². The third kappa shape index (κ3) is 11.1. The first-order valence-electron chi connectivity index (χ1n) is 15.2. The molecule has 3 aliphatic carbocycles. The normalized spacial score (nSPS) is 32.8. The Balaban J connectivity index is 1.37. The van der Waals surface area contributed by atoms with Gasteiger partial charge in [-0.25, -0.2) is 0 Å². The molecule has 0 spiro atoms. The minimum absolute atomic E-state index is 0.257. The van der Waals surface area contributed by atoms with Crippen molar-refractivity contribution in [2.75, 3.05) is 0 Å². The van der Waals surface area contributed by atoms with Crippen LogP contribution in [0.5, 0.6) is 0 Å². The fourth-order valence-electron chi connectivity index (χ4n) is 6.57. The quantitative estimate of drug-likeness (QED) is 0.456. The molecule has 0 saturated heterocycles. The maximum Gasteiger partial charge on any atom is 0.223 e. The highest BCUT2D eigenvalue weighted by Crippen LogP contribution is 2.27. The van der Waals surface area contributed by atoms with E-state index in [-0.39, 0.29) is 5.92 Å². The molecule has 0 heterocycles. The molecule has 3 nitrogen and oxygen atoms in total. The molecule has 3 rings (SSSR count). The van der Waals surface area contributed by atoms with Crippen molar-refractivity contribution in [1.29, 1.82) is 0 Å². The number of rotatable bonds is 4. The fraction of sp³-hybridized carbons (Fsp3) is 0.967. The molecule has 3 heteroatoms. The van der Waals surface area contributed by atoms with Crippen LogP contribution in [0.4, 0.5) is 0 Å². The molecule has 33 heavy (non-hydrogen) atoms. The van der Waals surface area contributed by atoms with Crippen LogP contribution in [0, 0.1) is 11.8 Å². The van der Waals surface area contributed by atoms with Gasteiger partial charge in [0, 0.05) is 12.0 Å². The third-order valence-corrected chi connectivity index (χ3v) is 8.81. The number of carbonyl (C=O) groups excluding carboxylic acids is 1. The van der Waals surface area contributed by atoms with Gasteiger partial charge in [0.05, 0.1) is 12.2 Å². The van der Waals surface area contributed by atoms with Crippen LogP contribution in [-0.2, 0) is 9.53 Å². The Labute approximate surface area is 205 Å². The highest BCUT2D eigenvalue weighted by molar-refractivity contribution is 5.78. The van der Waals surface area contributed by atoms with Crippen molar-refractivity contribution in [2.45, 2.75) is 173 Å². The van der Waals surface area contributed by atoms with E-state index in [1.54, 1.807) is 0 Å². The van der Waals surface area contributed by atoms with Gasteiger partial charge in [0.2, 0.25) is 5.91 Å². The second kappa shape index (κ2) is 16.2. The third-order valence-electron chi connectivity index (χ3n) is 8.81. The molecular weight excluding hydrogens is 406 g/mol. The summed E-state index contributed by atoms with van der Waals surface area (Å²) < 4.78 is 6.68. The average molecular weight is 462 g/mol. The molecule has 0 unspecified atom stereocenters. The van der Waals surface area contributed by atoms with E-state index in [9.17, 15) is 4.79 Å². The Morgan fingerprint density at radius 2 is 0.970 bits per heavy atom. The zero-order valence-electron chi connectivity index (χ0n) is 22.0. The van der Waals surface area contributed by atoms with Crippen LogP contribution >= 0.6 is 0 Å². The van der Waals surface area contributed by atoms with E-state index in [0.29, 0.717) is 24.2 Å². The van der Waals surface area contributed by atoms with Crippen LogP contribution in [0.25, 0.3) is 0 Å². The zero-order valence-corrected chi connectivity index (χ0v) is 22.0. The first-order chi connectivity index (χ1) is 16.2. The summed E-state index contributed by atoms with van der Waals surface area (Å²) in [5, 5.41) is 3.49. The van der Waals surface area contributed by atoms with Crippen LogP contribution in [0.2, 0.25) is 0 Å². The van der Waals surface area contributed by atoms with E-state index in [4.69, 9.17) is 4.74 Å². The Bertz CT molecular complexity index is 489. The molecule has 3 aliphatic rings. The lowest BCUT2D eigenvalue weighted by Gasteiger charge is -2.30. The average Bonchev–Trinajstić information content (AvgIpc) is 2.80. The molecule has 0 atom stereocenters. The predicted molar refractivity (Wildman–Crippen MR) is 139 cm³/mol. The highest BCUT2D eigenvalue weighted by Gasteiger charge is 2.25. The maximum atomic E-state index is 13.1. The fourth-order valence-corrected chi connectivity index (χ4v) is 6.57. The number of amides is 1. The monoisotopic (exact) mass is 461 g/mol. The molecule has 0 bridgehead atoms. The van der Waals surface area contributed by atoms with Gasteiger partial charge in [-0.2, -0.15) is 0 Å². The molecule has 1 N–H and O–H groups in total. The van der Waals surface area contributed by atoms with Crippen LogP contribution < -0.4 is 5.32 Å². The van der Waals surface area contributed by atoms with Gasteiger partial charge in [-0.1, -0.05) is 90.4 Å². The Kier molecular flexibility index (Phi) is 13.2. The van der Waals surface area contributed by atoms with E-state index in [1.165, 1.54) is 122 Å². The zero-order chi connectivity index (χ0) is 23.1. The van der Waals surface area contributed by atoms with Crippen molar-refractivity contribution in [3.8, 4) is 0 Å². The van der Waals surface area contributed by atoms with E-state index < -0.39 is 0 Å². The van der Waals surface area contributed by atoms with Crippen molar-refractivity contribution in [3.05, 3.63) is 0 Å². The van der Waals surface area contributed by atoms with E-state index in [2.05, 4.69) is 12.2 Å². The molecule has 3 saturated carbocycles. The molecule has 0 aromatic heterocycles. The van der Waals surface area contributed by atoms with Crippen molar-refractivity contribution in [1.82, 2.24) is 5.32 Å². The number of hydrogen-bond acceptors (Lipinski definition) is 2. The van der Waals surface area contributed by atoms with Gasteiger partial charge < -0.3 is 10.1 Å². The van der Waals surface area contributed by atoms with Gasteiger partial charge in [0.25, 0.3) is 0 Å². The molecule has 192 valence electrons. The van der Waals surface area contributed by atoms with Crippen LogP contribution in [0.1, 0.15) is 155 Å². The molecule has 0 aromatic rings. The van der Waals surface area contributed by atoms with Crippen LogP contribution in [0.15, 0.2) is 0 Å². The lowest BCUT2D eigenvalue weighted by Crippen LogP contribution is -2.40. The number of hydrogen-bond donors (Lipinski definition) is 1. The van der Waals surface area contributed by atoms with E-state index >= 15 is 0 Å². The van der Waals surface area contributed by atoms with Crippen LogP contribution in [0.3, 0.4) is 0 Å². The Morgan fingerprint density at radius 1 is 0.545 bits per heavy atom. The topological polar surface area (TPSA) is 38.3 Å². The second-order valence-electron chi connectivity index (χ2n) is 11.9. The summed E-state index contributed by atoms with van der Waals surface area (Å²) >= 11 is 0. The van der Waals surface area contributed by atoms with Crippen molar-refractivity contribution < 1.29 is 9.53 Å². The largest absolute Gasteiger partial charge is 0.375 e. The van der Waals surface area contributed by atoms with Crippen molar-refractivity contribution in [2.24, 2.45) is 11.8 Å². The van der Waals surface area contributed by atoms with E-state index in [1.807, 2.05) is 0 Å². The van der Waals surface area contributed by atoms with Gasteiger partial charge in [-0.15, -0.1) is 0 Å². The molecule has 0 radical (unpaired) electrons. The minimum Gasteiger partial charge on any atom is -0.375 e. The van der Waals surface area contributed by atoms with Crippen molar-refractivity contribution >= 4 is 5.91 Å². The summed E-state index contributed by atoms with van der Waals surface area (Å²) in [5.74, 6) is 1.50. The SMILES string of the molecule is CC1CCCCC(C(=O)NC2CCCC(OC3CCCCCCCCC3)CCC2)CCCC1. The first-order valence-corrected chi connectivity index (χ1v) is 15.2. The summed E-state index contributed by atoms with van der Waals surface area (Å²) in [4.78, 5) is 13.1. The molecule has 0 aliphatic heterocycles. The lowest BCUT2D eigenvalue weighted by molar-refractivity contribution is -0.126. The van der Waals surface area contributed by atoms with Gasteiger partial charge in [-0.3, -0.25) is 4.79 Å². The summed E-state index contributed by atoms with van der Waals surface area (Å²) in [7, 11) is 0. The summed E-state index contributed by atoms with van der Waals surface area (Å²) in [6, 6.07) is 0.391. The summed E-state index contributed by atoms with van der Waals surface area (Å²) in [6.07, 6.45) is 30.3. The highest BCUT2D eigenvalue weighted by atomic mass is 16.5. The lowest BCUT2D eigenvalue weighted by atomic mass is 9.88. The van der Waals surface area contributed by atoms with Gasteiger partial charge >= 0.3 is 0 Å². The maximum absolute atomic E-state index is 13.1. The van der Waals surface area contributed by atoms with Crippen LogP contribution in [-0.4, -0.2) is 24.2 Å².